The highest BCUT2D eigenvalue weighted by Gasteiger charge is 2.24. The molecule has 9 nitrogen and oxygen atoms in total. The fraction of sp³-hybridized carbons (Fsp3) is 0.143. The molecule has 0 saturated heterocycles. The number of anilines is 6. The van der Waals surface area contributed by atoms with Crippen molar-refractivity contribution in [3.8, 4) is 5.75 Å². The van der Waals surface area contributed by atoms with Gasteiger partial charge in [-0.25, -0.2) is 4.98 Å². The first-order valence-electron chi connectivity index (χ1n) is 11.8. The van der Waals surface area contributed by atoms with Crippen LogP contribution >= 0.6 is 0 Å². The Hall–Kier alpha value is -4.92. The molecule has 0 spiro atoms. The lowest BCUT2D eigenvalue weighted by atomic mass is 10.1. The van der Waals surface area contributed by atoms with Crippen molar-refractivity contribution < 1.29 is 9.53 Å². The number of nitrogens with one attached hydrogen (secondary N) is 3. The van der Waals surface area contributed by atoms with Crippen LogP contribution < -0.4 is 36.4 Å². The molecule has 1 aromatic heterocycles. The van der Waals surface area contributed by atoms with E-state index < -0.39 is 10.9 Å². The van der Waals surface area contributed by atoms with Crippen molar-refractivity contribution in [3.05, 3.63) is 106 Å². The van der Waals surface area contributed by atoms with Crippen molar-refractivity contribution in [1.29, 1.82) is 0 Å². The molecule has 0 aliphatic carbocycles. The first-order valence-corrected chi connectivity index (χ1v) is 11.8. The van der Waals surface area contributed by atoms with E-state index in [0.717, 1.165) is 5.56 Å². The van der Waals surface area contributed by atoms with Crippen LogP contribution in [0.25, 0.3) is 0 Å². The highest BCUT2D eigenvalue weighted by molar-refractivity contribution is 6.02. The Labute approximate surface area is 213 Å². The molecule has 3 N–H and O–H groups in total. The number of pyridine rings is 1. The first-order chi connectivity index (χ1) is 17.9. The number of ether oxygens (including phenoxy) is 1. The molecule has 1 atom stereocenters. The van der Waals surface area contributed by atoms with E-state index in [0.29, 0.717) is 41.8 Å². The van der Waals surface area contributed by atoms with Crippen molar-refractivity contribution >= 4 is 40.2 Å². The average molecular weight is 496 g/mol. The van der Waals surface area contributed by atoms with Crippen molar-refractivity contribution in [1.82, 2.24) is 4.98 Å². The van der Waals surface area contributed by atoms with Crippen molar-refractivity contribution in [2.75, 3.05) is 34.0 Å². The van der Waals surface area contributed by atoms with Crippen molar-refractivity contribution in [3.63, 3.8) is 0 Å². The van der Waals surface area contributed by atoms with E-state index in [-0.39, 0.29) is 23.3 Å². The Kier molecular flexibility index (Phi) is 6.42. The van der Waals surface area contributed by atoms with Gasteiger partial charge in [-0.1, -0.05) is 36.9 Å². The van der Waals surface area contributed by atoms with Gasteiger partial charge in [-0.3, -0.25) is 14.4 Å². The van der Waals surface area contributed by atoms with Crippen LogP contribution in [0.5, 0.6) is 5.75 Å². The van der Waals surface area contributed by atoms with E-state index in [1.807, 2.05) is 43.3 Å². The predicted molar refractivity (Wildman–Crippen MR) is 145 cm³/mol. The monoisotopic (exact) mass is 495 g/mol. The minimum Gasteiger partial charge on any atom is -0.490 e. The Morgan fingerprint density at radius 3 is 2.57 bits per heavy atom. The van der Waals surface area contributed by atoms with Crippen LogP contribution in [0.4, 0.5) is 34.3 Å². The minimum atomic E-state index is -0.573. The largest absolute Gasteiger partial charge is 0.490 e. The van der Waals surface area contributed by atoms with E-state index in [9.17, 15) is 14.4 Å². The van der Waals surface area contributed by atoms with Gasteiger partial charge in [0.2, 0.25) is 0 Å². The van der Waals surface area contributed by atoms with Gasteiger partial charge in [-0.2, -0.15) is 0 Å². The van der Waals surface area contributed by atoms with E-state index in [4.69, 9.17) is 4.74 Å². The second-order valence-electron chi connectivity index (χ2n) is 8.59. The van der Waals surface area contributed by atoms with Crippen LogP contribution in [0.2, 0.25) is 0 Å². The van der Waals surface area contributed by atoms with E-state index >= 15 is 0 Å². The molecule has 0 fully saturated rings. The van der Waals surface area contributed by atoms with Gasteiger partial charge in [-0.05, 0) is 42.8 Å². The lowest BCUT2D eigenvalue weighted by Crippen LogP contribution is -2.37. The van der Waals surface area contributed by atoms with Crippen molar-refractivity contribution in [2.24, 2.45) is 0 Å². The molecule has 0 bridgehead atoms. The van der Waals surface area contributed by atoms with Crippen LogP contribution in [0.15, 0.2) is 89.1 Å². The summed E-state index contributed by atoms with van der Waals surface area (Å²) in [5.74, 6) is 0.916. The maximum absolute atomic E-state index is 12.3. The smallest absolute Gasteiger partial charge is 0.253 e. The molecule has 186 valence electrons. The molecule has 4 aromatic rings. The Bertz CT molecular complexity index is 1540. The summed E-state index contributed by atoms with van der Waals surface area (Å²) >= 11 is 0. The number of aromatic nitrogens is 1. The number of benzene rings is 2. The van der Waals surface area contributed by atoms with Gasteiger partial charge in [0.1, 0.15) is 29.5 Å². The number of carbonyl (C=O) groups excluding carboxylic acids is 1. The molecule has 1 aliphatic heterocycles. The summed E-state index contributed by atoms with van der Waals surface area (Å²) < 4.78 is 5.67. The second kappa shape index (κ2) is 9.98. The van der Waals surface area contributed by atoms with Gasteiger partial charge in [-0.15, -0.1) is 0 Å². The van der Waals surface area contributed by atoms with Crippen LogP contribution in [-0.2, 0) is 4.79 Å². The molecule has 2 heterocycles. The molecule has 1 aliphatic rings. The third-order valence-corrected chi connectivity index (χ3v) is 6.14. The Balaban J connectivity index is 1.33. The third kappa shape index (κ3) is 4.79. The summed E-state index contributed by atoms with van der Waals surface area (Å²) in [7, 11) is 0. The number of hydrogen-bond donors (Lipinski definition) is 3. The van der Waals surface area contributed by atoms with E-state index in [2.05, 4.69) is 27.5 Å². The summed E-state index contributed by atoms with van der Waals surface area (Å²) in [6.45, 7) is 6.34. The number of hydrogen-bond acceptors (Lipinski definition) is 8. The fourth-order valence-corrected chi connectivity index (χ4v) is 4.19. The van der Waals surface area contributed by atoms with Crippen molar-refractivity contribution in [2.45, 2.75) is 13.0 Å². The second-order valence-corrected chi connectivity index (χ2v) is 8.59. The zero-order valence-electron chi connectivity index (χ0n) is 20.2. The summed E-state index contributed by atoms with van der Waals surface area (Å²) in [4.78, 5) is 42.8. The molecule has 0 radical (unpaired) electrons. The molecule has 37 heavy (non-hydrogen) atoms. The Morgan fingerprint density at radius 1 is 1.03 bits per heavy atom. The van der Waals surface area contributed by atoms with Crippen LogP contribution in [-0.4, -0.2) is 24.0 Å². The standard InChI is InChI=1S/C28H25N5O4/c1-3-24(34)33-13-14-37-22-10-9-19(15-21(22)33)31-23-16-20(11-12-29-23)32-26-25(27(35)28(26)36)30-17(2)18-7-5-4-6-8-18/h3-12,15-17,30H,1,13-14H2,2H3,(H2,29,31,32). The molecular formula is C28H25N5O4. The number of carbonyl (C=O) groups is 1. The number of fused-ring (bicyclic) bond motifs is 1. The molecule has 1 unspecified atom stereocenters. The lowest BCUT2D eigenvalue weighted by Gasteiger charge is -2.29. The highest BCUT2D eigenvalue weighted by atomic mass is 16.5. The molecule has 9 heteroatoms. The lowest BCUT2D eigenvalue weighted by molar-refractivity contribution is -0.114. The molecule has 1 amide bonds. The Morgan fingerprint density at radius 2 is 1.78 bits per heavy atom. The van der Waals surface area contributed by atoms with Gasteiger partial charge < -0.3 is 25.6 Å². The molecule has 3 aromatic carbocycles. The summed E-state index contributed by atoms with van der Waals surface area (Å²) in [5, 5.41) is 9.42. The topological polar surface area (TPSA) is 113 Å². The van der Waals surface area contributed by atoms with Crippen LogP contribution in [0.3, 0.4) is 0 Å². The molecular weight excluding hydrogens is 470 g/mol. The van der Waals surface area contributed by atoms with Crippen LogP contribution in [0.1, 0.15) is 18.5 Å². The summed E-state index contributed by atoms with van der Waals surface area (Å²) in [6, 6.07) is 18.4. The third-order valence-electron chi connectivity index (χ3n) is 6.14. The fourth-order valence-electron chi connectivity index (χ4n) is 4.19. The average Bonchev–Trinajstić information content (AvgIpc) is 2.94. The zero-order chi connectivity index (χ0) is 25.9. The van der Waals surface area contributed by atoms with Gasteiger partial charge in [0.05, 0.1) is 12.2 Å². The maximum Gasteiger partial charge on any atom is 0.253 e. The normalized spacial score (nSPS) is 13.3. The van der Waals surface area contributed by atoms with Gasteiger partial charge in [0.25, 0.3) is 16.8 Å². The van der Waals surface area contributed by atoms with Crippen LogP contribution in [0, 0.1) is 0 Å². The quantitative estimate of drug-likeness (QED) is 0.246. The summed E-state index contributed by atoms with van der Waals surface area (Å²) in [5.41, 5.74) is 2.28. The van der Waals surface area contributed by atoms with Gasteiger partial charge in [0, 0.05) is 29.7 Å². The zero-order valence-corrected chi connectivity index (χ0v) is 20.2. The van der Waals surface area contributed by atoms with E-state index in [1.54, 1.807) is 35.4 Å². The van der Waals surface area contributed by atoms with Gasteiger partial charge >= 0.3 is 0 Å². The number of amides is 1. The predicted octanol–water partition coefficient (Wildman–Crippen LogP) is 4.25. The number of rotatable bonds is 8. The minimum absolute atomic E-state index is 0.153. The van der Waals surface area contributed by atoms with E-state index in [1.165, 1.54) is 6.08 Å². The number of nitrogens with zero attached hydrogens (tertiary/aromatic N) is 2. The maximum atomic E-state index is 12.3. The van der Waals surface area contributed by atoms with Gasteiger partial charge in [0.15, 0.2) is 0 Å². The SMILES string of the molecule is C=CC(=O)N1CCOc2ccc(Nc3cc(Nc4c(NC(C)c5ccccc5)c(=O)c4=O)ccn3)cc21. The first kappa shape index (κ1) is 23.8. The highest BCUT2D eigenvalue weighted by Crippen LogP contribution is 2.35. The molecule has 5 rings (SSSR count). The molecule has 0 saturated carbocycles. The summed E-state index contributed by atoms with van der Waals surface area (Å²) in [6.07, 6.45) is 2.86.